The van der Waals surface area contributed by atoms with Crippen LogP contribution < -0.4 is 10.1 Å². The molecule has 0 spiro atoms. The minimum Gasteiger partial charge on any atom is -0.481 e. The van der Waals surface area contributed by atoms with Crippen LogP contribution in [0.5, 0.6) is 5.75 Å². The molecule has 1 amide bonds. The number of hydrogen-bond acceptors (Lipinski definition) is 3. The van der Waals surface area contributed by atoms with Crippen molar-refractivity contribution < 1.29 is 14.6 Å². The van der Waals surface area contributed by atoms with Gasteiger partial charge in [-0.15, -0.1) is 0 Å². The fourth-order valence-electron chi connectivity index (χ4n) is 1.97. The Bertz CT molecular complexity index is 471. The Morgan fingerprint density at radius 3 is 2.52 bits per heavy atom. The van der Waals surface area contributed by atoms with Gasteiger partial charge in [-0.1, -0.05) is 26.0 Å². The van der Waals surface area contributed by atoms with Crippen LogP contribution in [0.2, 0.25) is 0 Å². The molecule has 0 saturated carbocycles. The number of aryl methyl sites for hydroxylation is 1. The molecule has 1 aromatic rings. The fourth-order valence-corrected chi connectivity index (χ4v) is 1.97. The fraction of sp³-hybridized carbons (Fsp3) is 0.588. The van der Waals surface area contributed by atoms with E-state index in [4.69, 9.17) is 9.84 Å². The second-order valence-corrected chi connectivity index (χ2v) is 5.86. The number of aliphatic hydroxyl groups is 1. The van der Waals surface area contributed by atoms with Gasteiger partial charge in [0.2, 0.25) is 0 Å². The Balaban J connectivity index is 2.71. The summed E-state index contributed by atoms with van der Waals surface area (Å²) in [4.78, 5) is 12.0. The van der Waals surface area contributed by atoms with E-state index >= 15 is 0 Å². The quantitative estimate of drug-likeness (QED) is 0.812. The highest BCUT2D eigenvalue weighted by atomic mass is 16.5. The molecule has 21 heavy (non-hydrogen) atoms. The van der Waals surface area contributed by atoms with Crippen LogP contribution in [-0.4, -0.2) is 29.8 Å². The number of amides is 1. The molecule has 0 aliphatic carbocycles. The predicted molar refractivity (Wildman–Crippen MR) is 84.7 cm³/mol. The zero-order chi connectivity index (χ0) is 16.0. The maximum atomic E-state index is 12.0. The number of hydrogen-bond donors (Lipinski definition) is 2. The van der Waals surface area contributed by atoms with Crippen molar-refractivity contribution in [2.45, 2.75) is 59.1 Å². The first kappa shape index (κ1) is 17.5. The molecule has 0 aromatic heterocycles. The lowest BCUT2D eigenvalue weighted by atomic mass is 10.0. The zero-order valence-electron chi connectivity index (χ0n) is 13.6. The van der Waals surface area contributed by atoms with Crippen molar-refractivity contribution in [1.82, 2.24) is 5.32 Å². The lowest BCUT2D eigenvalue weighted by molar-refractivity contribution is -0.127. The number of nitrogens with one attached hydrogen (secondary N) is 1. The molecule has 2 N–H and O–H groups in total. The van der Waals surface area contributed by atoms with Crippen LogP contribution >= 0.6 is 0 Å². The average Bonchev–Trinajstić information content (AvgIpc) is 2.40. The van der Waals surface area contributed by atoms with Crippen molar-refractivity contribution >= 4 is 5.91 Å². The van der Waals surface area contributed by atoms with Crippen LogP contribution in [0.25, 0.3) is 0 Å². The van der Waals surface area contributed by atoms with Crippen molar-refractivity contribution in [2.24, 2.45) is 0 Å². The summed E-state index contributed by atoms with van der Waals surface area (Å²) in [5.74, 6) is 1.01. The average molecular weight is 293 g/mol. The van der Waals surface area contributed by atoms with E-state index in [1.807, 2.05) is 26.0 Å². The molecular weight excluding hydrogens is 266 g/mol. The lowest BCUT2D eigenvalue weighted by Crippen LogP contribution is -2.41. The second-order valence-electron chi connectivity index (χ2n) is 5.86. The maximum absolute atomic E-state index is 12.0. The number of benzene rings is 1. The maximum Gasteiger partial charge on any atom is 0.260 e. The second kappa shape index (κ2) is 8.03. The molecule has 0 heterocycles. The molecule has 1 rings (SSSR count). The van der Waals surface area contributed by atoms with E-state index in [2.05, 4.69) is 25.2 Å². The topological polar surface area (TPSA) is 58.6 Å². The van der Waals surface area contributed by atoms with Crippen molar-refractivity contribution in [3.05, 3.63) is 29.3 Å². The SMILES string of the molecule is Cc1ccc(C(C)C)cc1OC(C)C(=O)NC(C)CCO. The van der Waals surface area contributed by atoms with E-state index in [1.165, 1.54) is 5.56 Å². The highest BCUT2D eigenvalue weighted by Gasteiger charge is 2.18. The Morgan fingerprint density at radius 1 is 1.29 bits per heavy atom. The molecule has 4 heteroatoms. The molecule has 1 aromatic carbocycles. The smallest absolute Gasteiger partial charge is 0.260 e. The van der Waals surface area contributed by atoms with Gasteiger partial charge in [0.25, 0.3) is 5.91 Å². The summed E-state index contributed by atoms with van der Waals surface area (Å²) in [7, 11) is 0. The van der Waals surface area contributed by atoms with Crippen LogP contribution in [-0.2, 0) is 4.79 Å². The van der Waals surface area contributed by atoms with E-state index < -0.39 is 6.10 Å². The summed E-state index contributed by atoms with van der Waals surface area (Å²) >= 11 is 0. The molecule has 0 saturated heterocycles. The molecule has 0 radical (unpaired) electrons. The molecular formula is C17H27NO3. The number of carbonyl (C=O) groups excluding carboxylic acids is 1. The van der Waals surface area contributed by atoms with Crippen molar-refractivity contribution in [3.63, 3.8) is 0 Å². The van der Waals surface area contributed by atoms with Crippen LogP contribution in [0.4, 0.5) is 0 Å². The van der Waals surface area contributed by atoms with Crippen LogP contribution in [0.15, 0.2) is 18.2 Å². The molecule has 2 unspecified atom stereocenters. The Kier molecular flexibility index (Phi) is 6.69. The third kappa shape index (κ3) is 5.38. The van der Waals surface area contributed by atoms with Gasteiger partial charge in [-0.3, -0.25) is 4.79 Å². The summed E-state index contributed by atoms with van der Waals surface area (Å²) in [5, 5.41) is 11.7. The zero-order valence-corrected chi connectivity index (χ0v) is 13.6. The van der Waals surface area contributed by atoms with E-state index in [0.29, 0.717) is 12.3 Å². The number of aliphatic hydroxyl groups excluding tert-OH is 1. The van der Waals surface area contributed by atoms with Gasteiger partial charge in [0, 0.05) is 12.6 Å². The van der Waals surface area contributed by atoms with Gasteiger partial charge < -0.3 is 15.2 Å². The van der Waals surface area contributed by atoms with Gasteiger partial charge in [0.15, 0.2) is 6.10 Å². The Hall–Kier alpha value is -1.55. The van der Waals surface area contributed by atoms with Gasteiger partial charge in [0.1, 0.15) is 5.75 Å². The largest absolute Gasteiger partial charge is 0.481 e. The van der Waals surface area contributed by atoms with Gasteiger partial charge in [0.05, 0.1) is 0 Å². The van der Waals surface area contributed by atoms with Gasteiger partial charge in [-0.05, 0) is 50.3 Å². The van der Waals surface area contributed by atoms with E-state index in [0.717, 1.165) is 11.3 Å². The first-order valence-electron chi connectivity index (χ1n) is 7.53. The molecule has 0 aliphatic heterocycles. The summed E-state index contributed by atoms with van der Waals surface area (Å²) < 4.78 is 5.80. The van der Waals surface area contributed by atoms with Crippen LogP contribution in [0.1, 0.15) is 51.2 Å². The third-order valence-corrected chi connectivity index (χ3v) is 3.50. The normalized spacial score (nSPS) is 13.9. The first-order valence-corrected chi connectivity index (χ1v) is 7.53. The van der Waals surface area contributed by atoms with E-state index in [-0.39, 0.29) is 18.6 Å². The standard InChI is InChI=1S/C17H27NO3/c1-11(2)15-7-6-12(3)16(10-15)21-14(5)17(20)18-13(4)8-9-19/h6-7,10-11,13-14,19H,8-9H2,1-5H3,(H,18,20). The van der Waals surface area contributed by atoms with Gasteiger partial charge in [-0.2, -0.15) is 0 Å². The number of ether oxygens (including phenoxy) is 1. The summed E-state index contributed by atoms with van der Waals surface area (Å²) in [6.07, 6.45) is -0.0207. The summed E-state index contributed by atoms with van der Waals surface area (Å²) in [6, 6.07) is 6.04. The number of rotatable bonds is 7. The van der Waals surface area contributed by atoms with Crippen molar-refractivity contribution in [1.29, 1.82) is 0 Å². The van der Waals surface area contributed by atoms with Gasteiger partial charge in [-0.25, -0.2) is 0 Å². The highest BCUT2D eigenvalue weighted by molar-refractivity contribution is 5.81. The molecule has 4 nitrogen and oxygen atoms in total. The lowest BCUT2D eigenvalue weighted by Gasteiger charge is -2.20. The molecule has 2 atom stereocenters. The summed E-state index contributed by atoms with van der Waals surface area (Å²) in [6.45, 7) is 9.89. The van der Waals surface area contributed by atoms with E-state index in [9.17, 15) is 4.79 Å². The third-order valence-electron chi connectivity index (χ3n) is 3.50. The Morgan fingerprint density at radius 2 is 1.95 bits per heavy atom. The molecule has 0 aliphatic rings. The monoisotopic (exact) mass is 293 g/mol. The van der Waals surface area contributed by atoms with Gasteiger partial charge >= 0.3 is 0 Å². The Labute approximate surface area is 127 Å². The molecule has 0 bridgehead atoms. The minimum absolute atomic E-state index is 0.0587. The molecule has 118 valence electrons. The molecule has 0 fully saturated rings. The minimum atomic E-state index is -0.563. The van der Waals surface area contributed by atoms with Crippen molar-refractivity contribution in [3.8, 4) is 5.75 Å². The van der Waals surface area contributed by atoms with Crippen molar-refractivity contribution in [2.75, 3.05) is 6.61 Å². The van der Waals surface area contributed by atoms with Crippen LogP contribution in [0.3, 0.4) is 0 Å². The summed E-state index contributed by atoms with van der Waals surface area (Å²) in [5.41, 5.74) is 2.21. The van der Waals surface area contributed by atoms with Crippen LogP contribution in [0, 0.1) is 6.92 Å². The number of carbonyl (C=O) groups is 1. The van der Waals surface area contributed by atoms with E-state index in [1.54, 1.807) is 6.92 Å². The highest BCUT2D eigenvalue weighted by Crippen LogP contribution is 2.25. The first-order chi connectivity index (χ1) is 9.85. The predicted octanol–water partition coefficient (Wildman–Crippen LogP) is 2.77.